The first-order valence-corrected chi connectivity index (χ1v) is 10.5. The lowest BCUT2D eigenvalue weighted by Crippen LogP contribution is -2.13. The average Bonchev–Trinajstić information content (AvgIpc) is 3.24. The lowest BCUT2D eigenvalue weighted by atomic mass is 10.0. The predicted molar refractivity (Wildman–Crippen MR) is 124 cm³/mol. The van der Waals surface area contributed by atoms with Gasteiger partial charge in [-0.2, -0.15) is 0 Å². The van der Waals surface area contributed by atoms with Crippen LogP contribution in [0, 0.1) is 0 Å². The van der Waals surface area contributed by atoms with Gasteiger partial charge in [0.1, 0.15) is 5.75 Å². The number of esters is 1. The van der Waals surface area contributed by atoms with Crippen molar-refractivity contribution in [3.05, 3.63) is 101 Å². The van der Waals surface area contributed by atoms with E-state index in [1.807, 2.05) is 36.4 Å². The highest BCUT2D eigenvalue weighted by Crippen LogP contribution is 2.32. The third-order valence-corrected chi connectivity index (χ3v) is 5.70. The molecule has 0 aliphatic carbocycles. The molecule has 0 bridgehead atoms. The quantitative estimate of drug-likeness (QED) is 0.196. The van der Waals surface area contributed by atoms with Gasteiger partial charge in [-0.15, -0.1) is 11.3 Å². The van der Waals surface area contributed by atoms with Crippen molar-refractivity contribution in [1.82, 2.24) is 0 Å². The van der Waals surface area contributed by atoms with Crippen molar-refractivity contribution < 1.29 is 19.1 Å². The molecule has 5 heteroatoms. The maximum Gasteiger partial charge on any atom is 0.338 e. The number of benzene rings is 2. The molecule has 156 valence electrons. The second kappa shape index (κ2) is 9.49. The van der Waals surface area contributed by atoms with Crippen LogP contribution < -0.4 is 4.74 Å². The molecule has 0 aliphatic heterocycles. The number of allylic oxidation sites excluding steroid dienone is 1. The van der Waals surface area contributed by atoms with Crippen molar-refractivity contribution in [2.75, 3.05) is 0 Å². The van der Waals surface area contributed by atoms with Crippen LogP contribution in [0.4, 0.5) is 0 Å². The smallest absolute Gasteiger partial charge is 0.338 e. The van der Waals surface area contributed by atoms with Crippen molar-refractivity contribution in [2.45, 2.75) is 20.3 Å². The summed E-state index contributed by atoms with van der Waals surface area (Å²) in [5.74, 6) is -0.898. The molecule has 1 aromatic heterocycles. The molecule has 2 aromatic carbocycles. The van der Waals surface area contributed by atoms with Gasteiger partial charge in [-0.3, -0.25) is 9.59 Å². The van der Waals surface area contributed by atoms with E-state index in [1.54, 1.807) is 31.2 Å². The minimum absolute atomic E-state index is 0.110. The number of carbonyl (C=O) groups excluding carboxylic acids is 3. The molecule has 0 atom stereocenters. The number of hydrogen-bond donors (Lipinski definition) is 0. The van der Waals surface area contributed by atoms with Gasteiger partial charge >= 0.3 is 5.97 Å². The summed E-state index contributed by atoms with van der Waals surface area (Å²) in [6, 6.07) is 18.3. The molecular weight excluding hydrogens is 408 g/mol. The molecule has 0 radical (unpaired) electrons. The third kappa shape index (κ3) is 5.32. The molecule has 3 rings (SSSR count). The van der Waals surface area contributed by atoms with E-state index < -0.39 is 5.97 Å². The first kappa shape index (κ1) is 22.1. The topological polar surface area (TPSA) is 60.4 Å². The van der Waals surface area contributed by atoms with E-state index in [1.165, 1.54) is 18.3 Å². The maximum atomic E-state index is 13.2. The molecule has 0 spiro atoms. The maximum absolute atomic E-state index is 13.2. The molecule has 3 aromatic rings. The van der Waals surface area contributed by atoms with E-state index in [9.17, 15) is 14.4 Å². The molecule has 0 fully saturated rings. The van der Waals surface area contributed by atoms with Crippen molar-refractivity contribution >= 4 is 28.9 Å². The summed E-state index contributed by atoms with van der Waals surface area (Å²) < 4.78 is 5.44. The van der Waals surface area contributed by atoms with Gasteiger partial charge in [0.2, 0.25) is 5.78 Å². The summed E-state index contributed by atoms with van der Waals surface area (Å²) in [5.41, 5.74) is 2.55. The summed E-state index contributed by atoms with van der Waals surface area (Å²) in [6.07, 6.45) is 0.110. The molecule has 0 amide bonds. The van der Waals surface area contributed by atoms with Crippen LogP contribution in [0.2, 0.25) is 0 Å². The minimum atomic E-state index is -0.631. The van der Waals surface area contributed by atoms with Crippen molar-refractivity contribution in [1.29, 1.82) is 0 Å². The van der Waals surface area contributed by atoms with Gasteiger partial charge < -0.3 is 4.74 Å². The Bertz CT molecular complexity index is 1190. The van der Waals surface area contributed by atoms with Crippen LogP contribution in [0.5, 0.6) is 5.75 Å². The van der Waals surface area contributed by atoms with Gasteiger partial charge in [0.25, 0.3) is 0 Å². The summed E-state index contributed by atoms with van der Waals surface area (Å²) in [7, 11) is 0. The highest BCUT2D eigenvalue weighted by atomic mass is 32.1. The SMILES string of the molecule is C=C(C)C(=O)Cc1ccc(C(=O)c2ccc(-c3ccccc3)s2)c(OC(=O)C(=C)C)c1. The zero-order chi connectivity index (χ0) is 22.5. The van der Waals surface area contributed by atoms with Crippen molar-refractivity contribution in [3.8, 4) is 16.2 Å². The molecule has 0 unspecified atom stereocenters. The fraction of sp³-hybridized carbons (Fsp3) is 0.115. The summed E-state index contributed by atoms with van der Waals surface area (Å²) in [4.78, 5) is 38.9. The summed E-state index contributed by atoms with van der Waals surface area (Å²) >= 11 is 1.37. The Morgan fingerprint density at radius 1 is 0.903 bits per heavy atom. The lowest BCUT2D eigenvalue weighted by molar-refractivity contribution is -0.130. The van der Waals surface area contributed by atoms with Crippen LogP contribution in [0.25, 0.3) is 10.4 Å². The molecule has 0 aliphatic rings. The zero-order valence-corrected chi connectivity index (χ0v) is 18.3. The Morgan fingerprint density at radius 2 is 1.61 bits per heavy atom. The number of ketones is 2. The zero-order valence-electron chi connectivity index (χ0n) is 17.4. The first-order valence-electron chi connectivity index (χ1n) is 9.65. The van der Waals surface area contributed by atoms with Gasteiger partial charge in [-0.05, 0) is 54.8 Å². The average molecular weight is 431 g/mol. The largest absolute Gasteiger partial charge is 0.422 e. The van der Waals surface area contributed by atoms with E-state index in [0.717, 1.165) is 10.4 Å². The third-order valence-electron chi connectivity index (χ3n) is 4.57. The van der Waals surface area contributed by atoms with Crippen LogP contribution in [0.1, 0.15) is 34.6 Å². The Balaban J connectivity index is 1.96. The number of Topliss-reactive ketones (excluding diaryl/α,β-unsaturated/α-hetero) is 1. The van der Waals surface area contributed by atoms with E-state index >= 15 is 0 Å². The number of thiophene rings is 1. The number of carbonyl (C=O) groups is 3. The molecule has 0 N–H and O–H groups in total. The van der Waals surface area contributed by atoms with E-state index in [4.69, 9.17) is 4.74 Å². The van der Waals surface area contributed by atoms with E-state index in [0.29, 0.717) is 16.0 Å². The summed E-state index contributed by atoms with van der Waals surface area (Å²) in [5, 5.41) is 0. The number of hydrogen-bond acceptors (Lipinski definition) is 5. The molecule has 0 saturated heterocycles. The Hall–Kier alpha value is -3.57. The highest BCUT2D eigenvalue weighted by Gasteiger charge is 2.20. The lowest BCUT2D eigenvalue weighted by Gasteiger charge is -2.11. The van der Waals surface area contributed by atoms with Gasteiger partial charge in [0, 0.05) is 16.9 Å². The second-order valence-corrected chi connectivity index (χ2v) is 8.32. The van der Waals surface area contributed by atoms with E-state index in [-0.39, 0.29) is 34.9 Å². The molecule has 31 heavy (non-hydrogen) atoms. The van der Waals surface area contributed by atoms with Crippen LogP contribution in [-0.2, 0) is 16.0 Å². The predicted octanol–water partition coefficient (Wildman–Crippen LogP) is 5.82. The van der Waals surface area contributed by atoms with Gasteiger partial charge in [-0.1, -0.05) is 49.6 Å². The van der Waals surface area contributed by atoms with E-state index in [2.05, 4.69) is 13.2 Å². The number of ether oxygens (including phenoxy) is 1. The second-order valence-electron chi connectivity index (χ2n) is 7.24. The first-order chi connectivity index (χ1) is 14.8. The fourth-order valence-electron chi connectivity index (χ4n) is 2.82. The highest BCUT2D eigenvalue weighted by molar-refractivity contribution is 7.17. The normalized spacial score (nSPS) is 10.4. The van der Waals surface area contributed by atoms with Crippen LogP contribution in [-0.4, -0.2) is 17.5 Å². The molecule has 0 saturated carbocycles. The van der Waals surface area contributed by atoms with Crippen LogP contribution in [0.15, 0.2) is 85.0 Å². The van der Waals surface area contributed by atoms with Gasteiger partial charge in [0.15, 0.2) is 5.78 Å². The molecular formula is C26H22O4S. The fourth-order valence-corrected chi connectivity index (χ4v) is 3.79. The Kier molecular flexibility index (Phi) is 6.78. The van der Waals surface area contributed by atoms with Gasteiger partial charge in [-0.25, -0.2) is 4.79 Å². The monoisotopic (exact) mass is 430 g/mol. The van der Waals surface area contributed by atoms with Crippen LogP contribution >= 0.6 is 11.3 Å². The summed E-state index contributed by atoms with van der Waals surface area (Å²) in [6.45, 7) is 10.4. The molecule has 4 nitrogen and oxygen atoms in total. The Labute approximate surface area is 185 Å². The standard InChI is InChI=1S/C26H22O4S/c1-16(2)21(27)14-18-10-11-20(22(15-18)30-26(29)17(3)4)25(28)24-13-12-23(31-24)19-8-6-5-7-9-19/h5-13,15H,1,3,14H2,2,4H3. The van der Waals surface area contributed by atoms with Crippen molar-refractivity contribution in [3.63, 3.8) is 0 Å². The van der Waals surface area contributed by atoms with Gasteiger partial charge in [0.05, 0.1) is 10.4 Å². The number of rotatable bonds is 8. The minimum Gasteiger partial charge on any atom is -0.422 e. The van der Waals surface area contributed by atoms with Crippen molar-refractivity contribution in [2.24, 2.45) is 0 Å². The Morgan fingerprint density at radius 3 is 2.26 bits per heavy atom. The molecule has 1 heterocycles. The van der Waals surface area contributed by atoms with Crippen LogP contribution in [0.3, 0.4) is 0 Å².